The molecule has 4 rings (SSSR count). The molecule has 0 aromatic heterocycles. The van der Waals surface area contributed by atoms with Gasteiger partial charge in [0.1, 0.15) is 17.8 Å². The molecule has 0 spiro atoms. The number of ether oxygens (including phenoxy) is 1. The second-order valence-electron chi connectivity index (χ2n) is 8.26. The Morgan fingerprint density at radius 1 is 0.971 bits per heavy atom. The molecule has 1 atom stereocenters. The van der Waals surface area contributed by atoms with Crippen molar-refractivity contribution in [3.63, 3.8) is 0 Å². The third-order valence-corrected chi connectivity index (χ3v) is 5.78. The van der Waals surface area contributed by atoms with Crippen LogP contribution in [-0.2, 0) is 15.1 Å². The van der Waals surface area contributed by atoms with Crippen LogP contribution in [0.1, 0.15) is 18.1 Å². The monoisotopic (exact) mass is 458 g/mol. The Balaban J connectivity index is 1.46. The summed E-state index contributed by atoms with van der Waals surface area (Å²) < 4.78 is 5.17. The minimum absolute atomic E-state index is 0.400. The Morgan fingerprint density at radius 3 is 2.26 bits per heavy atom. The zero-order chi connectivity index (χ0) is 24.3. The maximum absolute atomic E-state index is 13.1. The van der Waals surface area contributed by atoms with Crippen molar-refractivity contribution in [2.45, 2.75) is 19.4 Å². The Morgan fingerprint density at radius 2 is 1.62 bits per heavy atom. The fraction of sp³-hybridized carbons (Fsp3) is 0.192. The van der Waals surface area contributed by atoms with Crippen LogP contribution in [0.5, 0.6) is 5.75 Å². The highest BCUT2D eigenvalue weighted by atomic mass is 16.5. The van der Waals surface area contributed by atoms with Gasteiger partial charge in [0, 0.05) is 5.69 Å². The van der Waals surface area contributed by atoms with Crippen molar-refractivity contribution in [3.05, 3.63) is 83.9 Å². The lowest BCUT2D eigenvalue weighted by molar-refractivity contribution is -0.133. The van der Waals surface area contributed by atoms with E-state index in [0.29, 0.717) is 16.9 Å². The Kier molecular flexibility index (Phi) is 6.23. The summed E-state index contributed by atoms with van der Waals surface area (Å²) >= 11 is 0. The molecule has 3 aromatic rings. The minimum Gasteiger partial charge on any atom is -0.497 e. The number of urea groups is 1. The number of carbonyl (C=O) groups excluding carboxylic acids is 3. The molecule has 4 amide bonds. The fourth-order valence-electron chi connectivity index (χ4n) is 3.79. The molecular weight excluding hydrogens is 432 g/mol. The first-order valence-electron chi connectivity index (χ1n) is 10.8. The second-order valence-corrected chi connectivity index (χ2v) is 8.26. The lowest BCUT2D eigenvalue weighted by atomic mass is 9.91. The van der Waals surface area contributed by atoms with Crippen molar-refractivity contribution < 1.29 is 19.1 Å². The van der Waals surface area contributed by atoms with Crippen LogP contribution in [0.25, 0.3) is 0 Å². The van der Waals surface area contributed by atoms with Gasteiger partial charge in [-0.15, -0.1) is 0 Å². The molecule has 1 saturated heterocycles. The quantitative estimate of drug-likeness (QED) is 0.462. The van der Waals surface area contributed by atoms with Crippen molar-refractivity contribution in [3.8, 4) is 5.75 Å². The zero-order valence-corrected chi connectivity index (χ0v) is 19.2. The lowest BCUT2D eigenvalue weighted by Crippen LogP contribution is -2.42. The van der Waals surface area contributed by atoms with E-state index in [0.717, 1.165) is 21.9 Å². The number of methoxy groups -OCH3 is 1. The van der Waals surface area contributed by atoms with E-state index in [9.17, 15) is 14.4 Å². The molecule has 0 bridgehead atoms. The van der Waals surface area contributed by atoms with E-state index < -0.39 is 29.9 Å². The first-order chi connectivity index (χ1) is 16.3. The maximum atomic E-state index is 13.1. The van der Waals surface area contributed by atoms with Crippen LogP contribution in [0, 0.1) is 6.92 Å². The maximum Gasteiger partial charge on any atom is 0.325 e. The topological polar surface area (TPSA) is 99.8 Å². The molecule has 1 heterocycles. The van der Waals surface area contributed by atoms with Crippen molar-refractivity contribution in [2.24, 2.45) is 0 Å². The number of benzene rings is 3. The molecule has 34 heavy (non-hydrogen) atoms. The van der Waals surface area contributed by atoms with Crippen LogP contribution >= 0.6 is 0 Å². The van der Waals surface area contributed by atoms with Crippen LogP contribution in [0.2, 0.25) is 0 Å². The van der Waals surface area contributed by atoms with Gasteiger partial charge in [-0.1, -0.05) is 42.0 Å². The molecule has 0 radical (unpaired) electrons. The Hall–Kier alpha value is -4.33. The first kappa shape index (κ1) is 22.8. The predicted molar refractivity (Wildman–Crippen MR) is 130 cm³/mol. The molecule has 174 valence electrons. The highest BCUT2D eigenvalue weighted by Gasteiger charge is 2.49. The highest BCUT2D eigenvalue weighted by molar-refractivity contribution is 6.10. The summed E-state index contributed by atoms with van der Waals surface area (Å²) in [5.41, 5.74) is 2.49. The number of nitrogens with one attached hydrogen (secondary N) is 3. The van der Waals surface area contributed by atoms with Gasteiger partial charge in [0.15, 0.2) is 0 Å². The molecule has 1 fully saturated rings. The molecule has 8 heteroatoms. The second kappa shape index (κ2) is 9.27. The van der Waals surface area contributed by atoms with E-state index in [1.807, 2.05) is 55.5 Å². The standard InChI is InChI=1S/C26H26N4O4/c1-17-8-10-18(11-9-17)26(2)24(32)30(25(33)29-26)16-23(31)28-22-7-5-4-6-21(22)27-19-12-14-20(34-3)15-13-19/h4-15,27H,16H2,1-3H3,(H,28,31)(H,29,33). The number of imide groups is 1. The summed E-state index contributed by atoms with van der Waals surface area (Å²) in [6, 6.07) is 21.3. The molecule has 8 nitrogen and oxygen atoms in total. The molecule has 1 aliphatic heterocycles. The number of para-hydroxylation sites is 2. The van der Waals surface area contributed by atoms with E-state index in [2.05, 4.69) is 16.0 Å². The third kappa shape index (κ3) is 4.56. The van der Waals surface area contributed by atoms with Crippen molar-refractivity contribution in [1.82, 2.24) is 10.2 Å². The third-order valence-electron chi connectivity index (χ3n) is 5.78. The Labute approximate surface area is 197 Å². The molecule has 1 aliphatic rings. The fourth-order valence-corrected chi connectivity index (χ4v) is 3.79. The van der Waals surface area contributed by atoms with Crippen molar-refractivity contribution in [2.75, 3.05) is 24.3 Å². The van der Waals surface area contributed by atoms with Gasteiger partial charge < -0.3 is 20.7 Å². The van der Waals surface area contributed by atoms with Crippen molar-refractivity contribution >= 4 is 34.9 Å². The summed E-state index contributed by atoms with van der Waals surface area (Å²) in [6.45, 7) is 3.19. The molecule has 0 aliphatic carbocycles. The number of anilines is 3. The van der Waals surface area contributed by atoms with E-state index in [-0.39, 0.29) is 0 Å². The number of hydrogen-bond donors (Lipinski definition) is 3. The average molecular weight is 459 g/mol. The predicted octanol–water partition coefficient (Wildman–Crippen LogP) is 4.15. The number of carbonyl (C=O) groups is 3. The van der Waals surface area contributed by atoms with E-state index in [1.165, 1.54) is 0 Å². The Bertz CT molecular complexity index is 1220. The summed E-state index contributed by atoms with van der Waals surface area (Å²) in [4.78, 5) is 39.4. The highest BCUT2D eigenvalue weighted by Crippen LogP contribution is 2.30. The van der Waals surface area contributed by atoms with Gasteiger partial charge in [-0.05, 0) is 55.8 Å². The van der Waals surface area contributed by atoms with Gasteiger partial charge in [-0.3, -0.25) is 14.5 Å². The largest absolute Gasteiger partial charge is 0.497 e. The summed E-state index contributed by atoms with van der Waals surface area (Å²) in [5.74, 6) is -0.222. The van der Waals surface area contributed by atoms with E-state index >= 15 is 0 Å². The molecule has 1 unspecified atom stereocenters. The lowest BCUT2D eigenvalue weighted by Gasteiger charge is -2.22. The van der Waals surface area contributed by atoms with Crippen molar-refractivity contribution in [1.29, 1.82) is 0 Å². The smallest absolute Gasteiger partial charge is 0.325 e. The SMILES string of the molecule is COc1ccc(Nc2ccccc2NC(=O)CN2C(=O)NC(C)(c3ccc(C)cc3)C2=O)cc1. The van der Waals surface area contributed by atoms with Gasteiger partial charge in [-0.2, -0.15) is 0 Å². The number of amides is 4. The van der Waals surface area contributed by atoms with Crippen LogP contribution < -0.4 is 20.7 Å². The molecule has 0 saturated carbocycles. The zero-order valence-electron chi connectivity index (χ0n) is 19.2. The van der Waals surface area contributed by atoms with Gasteiger partial charge in [0.05, 0.1) is 18.5 Å². The number of nitrogens with zero attached hydrogens (tertiary/aromatic N) is 1. The van der Waals surface area contributed by atoms with E-state index in [1.54, 1.807) is 38.3 Å². The normalized spacial score (nSPS) is 17.3. The first-order valence-corrected chi connectivity index (χ1v) is 10.8. The van der Waals surface area contributed by atoms with Crippen LogP contribution in [-0.4, -0.2) is 36.4 Å². The van der Waals surface area contributed by atoms with Gasteiger partial charge in [-0.25, -0.2) is 4.79 Å². The number of rotatable bonds is 7. The van der Waals surface area contributed by atoms with Gasteiger partial charge in [0.2, 0.25) is 5.91 Å². The summed E-state index contributed by atoms with van der Waals surface area (Å²) in [7, 11) is 1.60. The van der Waals surface area contributed by atoms with Gasteiger partial charge in [0.25, 0.3) is 5.91 Å². The molecule has 3 N–H and O–H groups in total. The molecule has 3 aromatic carbocycles. The summed E-state index contributed by atoms with van der Waals surface area (Å²) in [6.07, 6.45) is 0. The van der Waals surface area contributed by atoms with Crippen LogP contribution in [0.3, 0.4) is 0 Å². The number of aryl methyl sites for hydroxylation is 1. The van der Waals surface area contributed by atoms with Crippen LogP contribution in [0.4, 0.5) is 21.9 Å². The number of hydrogen-bond acceptors (Lipinski definition) is 5. The minimum atomic E-state index is -1.22. The summed E-state index contributed by atoms with van der Waals surface area (Å²) in [5, 5.41) is 8.77. The van der Waals surface area contributed by atoms with Crippen LogP contribution in [0.15, 0.2) is 72.8 Å². The average Bonchev–Trinajstić information content (AvgIpc) is 3.05. The van der Waals surface area contributed by atoms with Gasteiger partial charge >= 0.3 is 6.03 Å². The molecular formula is C26H26N4O4. The van der Waals surface area contributed by atoms with E-state index in [4.69, 9.17) is 4.74 Å².